The third-order valence-electron chi connectivity index (χ3n) is 2.43. The number of aliphatic hydroxyl groups excluding tert-OH is 1. The summed E-state index contributed by atoms with van der Waals surface area (Å²) in [6, 6.07) is 3.86. The maximum absolute atomic E-state index is 12.1. The molecule has 0 atom stereocenters. The third-order valence-corrected chi connectivity index (χ3v) is 3.83. The summed E-state index contributed by atoms with van der Waals surface area (Å²) < 4.78 is 61.1. The monoisotopic (exact) mass is 321 g/mol. The molecule has 0 aromatic heterocycles. The number of alkyl halides is 3. The van der Waals surface area contributed by atoms with Crippen LogP contribution in [0.5, 0.6) is 0 Å². The molecule has 0 aliphatic carbocycles. The van der Waals surface area contributed by atoms with E-state index in [0.717, 1.165) is 0 Å². The molecule has 0 heterocycles. The first-order chi connectivity index (χ1) is 9.65. The molecular formula is C13H14F3NO3S. The molecule has 1 aromatic carbocycles. The van der Waals surface area contributed by atoms with Crippen molar-refractivity contribution in [2.24, 2.45) is 0 Å². The Labute approximate surface area is 121 Å². The highest BCUT2D eigenvalue weighted by Crippen LogP contribution is 2.17. The Kier molecular flexibility index (Phi) is 5.78. The number of benzene rings is 1. The van der Waals surface area contributed by atoms with Gasteiger partial charge >= 0.3 is 6.18 Å². The van der Waals surface area contributed by atoms with Gasteiger partial charge in [0, 0.05) is 12.0 Å². The second-order valence-corrected chi connectivity index (χ2v) is 5.96. The predicted octanol–water partition coefficient (Wildman–Crippen LogP) is 1.57. The van der Waals surface area contributed by atoms with Gasteiger partial charge in [-0.1, -0.05) is 11.8 Å². The lowest BCUT2D eigenvalue weighted by atomic mass is 10.1. The highest BCUT2D eigenvalue weighted by molar-refractivity contribution is 7.89. The summed E-state index contributed by atoms with van der Waals surface area (Å²) in [4.78, 5) is -0.253. The Morgan fingerprint density at radius 1 is 1.33 bits per heavy atom. The van der Waals surface area contributed by atoms with Crippen LogP contribution in [0.2, 0.25) is 0 Å². The molecule has 2 N–H and O–H groups in total. The van der Waals surface area contributed by atoms with E-state index in [9.17, 15) is 21.6 Å². The Balaban J connectivity index is 2.96. The van der Waals surface area contributed by atoms with E-state index in [2.05, 4.69) is 11.8 Å². The van der Waals surface area contributed by atoms with Crippen LogP contribution in [0.4, 0.5) is 13.2 Å². The fourth-order valence-corrected chi connectivity index (χ4v) is 2.52. The van der Waals surface area contributed by atoms with Gasteiger partial charge in [0.2, 0.25) is 10.0 Å². The first kappa shape index (κ1) is 17.5. The molecule has 1 aromatic rings. The molecule has 0 amide bonds. The largest absolute Gasteiger partial charge is 0.402 e. The van der Waals surface area contributed by atoms with E-state index in [1.807, 2.05) is 0 Å². The number of hydrogen-bond donors (Lipinski definition) is 2. The van der Waals surface area contributed by atoms with Crippen LogP contribution in [0, 0.1) is 18.8 Å². The van der Waals surface area contributed by atoms with Crippen molar-refractivity contribution in [1.82, 2.24) is 4.72 Å². The van der Waals surface area contributed by atoms with Crippen LogP contribution in [-0.4, -0.2) is 32.9 Å². The summed E-state index contributed by atoms with van der Waals surface area (Å²) in [6.45, 7) is -0.0992. The summed E-state index contributed by atoms with van der Waals surface area (Å²) in [7, 11) is -4.22. The van der Waals surface area contributed by atoms with E-state index < -0.39 is 22.7 Å². The number of aliphatic hydroxyl groups is 1. The van der Waals surface area contributed by atoms with Gasteiger partial charge in [-0.3, -0.25) is 0 Å². The number of halogens is 3. The summed E-state index contributed by atoms with van der Waals surface area (Å²) in [5.74, 6) is 5.43. The van der Waals surface area contributed by atoms with Crippen molar-refractivity contribution < 1.29 is 26.7 Å². The molecular weight excluding hydrogens is 307 g/mol. The first-order valence-electron chi connectivity index (χ1n) is 5.92. The molecule has 4 nitrogen and oxygen atoms in total. The lowest BCUT2D eigenvalue weighted by Gasteiger charge is -2.10. The molecule has 0 aliphatic rings. The lowest BCUT2D eigenvalue weighted by molar-refractivity contribution is -0.121. The van der Waals surface area contributed by atoms with Crippen LogP contribution in [0.15, 0.2) is 23.1 Å². The van der Waals surface area contributed by atoms with E-state index >= 15 is 0 Å². The number of hydrogen-bond acceptors (Lipinski definition) is 3. The van der Waals surface area contributed by atoms with E-state index in [1.54, 1.807) is 6.92 Å². The van der Waals surface area contributed by atoms with Gasteiger partial charge in [0.15, 0.2) is 0 Å². The Hall–Kier alpha value is -1.56. The quantitative estimate of drug-likeness (QED) is 0.827. The fourth-order valence-electron chi connectivity index (χ4n) is 1.42. The Morgan fingerprint density at radius 3 is 2.52 bits per heavy atom. The summed E-state index contributed by atoms with van der Waals surface area (Å²) in [5, 5.41) is 8.61. The molecule has 1 rings (SSSR count). The van der Waals surface area contributed by atoms with Crippen molar-refractivity contribution in [3.8, 4) is 11.8 Å². The minimum absolute atomic E-state index is 0.0835. The Bertz CT molecular complexity index is 657. The molecule has 0 fully saturated rings. The second kappa shape index (κ2) is 6.93. The minimum atomic E-state index is -4.61. The van der Waals surface area contributed by atoms with Gasteiger partial charge in [-0.2, -0.15) is 13.2 Å². The maximum Gasteiger partial charge on any atom is 0.402 e. The normalized spacial score (nSPS) is 11.9. The molecule has 8 heteroatoms. The zero-order chi connectivity index (χ0) is 16.1. The molecule has 0 bridgehead atoms. The van der Waals surface area contributed by atoms with E-state index in [1.165, 1.54) is 22.9 Å². The molecule has 0 spiro atoms. The van der Waals surface area contributed by atoms with Gasteiger partial charge in [0.1, 0.15) is 6.54 Å². The molecule has 0 saturated heterocycles. The van der Waals surface area contributed by atoms with Gasteiger partial charge in [0.05, 0.1) is 11.5 Å². The van der Waals surface area contributed by atoms with Crippen molar-refractivity contribution in [2.75, 3.05) is 13.2 Å². The van der Waals surface area contributed by atoms with Crippen LogP contribution < -0.4 is 4.72 Å². The van der Waals surface area contributed by atoms with Gasteiger partial charge < -0.3 is 5.11 Å². The van der Waals surface area contributed by atoms with E-state index in [-0.39, 0.29) is 17.9 Å². The van der Waals surface area contributed by atoms with Crippen molar-refractivity contribution in [2.45, 2.75) is 24.4 Å². The van der Waals surface area contributed by atoms with Gasteiger partial charge in [-0.25, -0.2) is 13.1 Å². The van der Waals surface area contributed by atoms with Crippen molar-refractivity contribution in [3.05, 3.63) is 29.3 Å². The lowest BCUT2D eigenvalue weighted by Crippen LogP contribution is -2.33. The van der Waals surface area contributed by atoms with Crippen molar-refractivity contribution in [3.63, 3.8) is 0 Å². The van der Waals surface area contributed by atoms with Crippen LogP contribution in [-0.2, 0) is 10.0 Å². The second-order valence-electron chi connectivity index (χ2n) is 4.19. The average Bonchev–Trinajstić information content (AvgIpc) is 2.38. The zero-order valence-electron chi connectivity index (χ0n) is 11.2. The Morgan fingerprint density at radius 2 is 2.00 bits per heavy atom. The zero-order valence-corrected chi connectivity index (χ0v) is 12.0. The average molecular weight is 321 g/mol. The van der Waals surface area contributed by atoms with Crippen LogP contribution in [0.3, 0.4) is 0 Å². The number of rotatable bonds is 4. The molecule has 0 radical (unpaired) electrons. The van der Waals surface area contributed by atoms with Crippen LogP contribution in [0.1, 0.15) is 17.5 Å². The summed E-state index contributed by atoms with van der Waals surface area (Å²) in [6.07, 6.45) is -4.33. The summed E-state index contributed by atoms with van der Waals surface area (Å²) >= 11 is 0. The standard InChI is InChI=1S/C13H14F3NO3S/c1-10-8-12(6-5-11(10)4-2-3-7-18)21(19,20)17-9-13(14,15)16/h5-6,8,17-18H,3,7,9H2,1H3. The SMILES string of the molecule is Cc1cc(S(=O)(=O)NCC(F)(F)F)ccc1C#CCCO. The highest BCUT2D eigenvalue weighted by Gasteiger charge is 2.30. The predicted molar refractivity (Wildman–Crippen MR) is 71.0 cm³/mol. The maximum atomic E-state index is 12.1. The molecule has 0 saturated carbocycles. The van der Waals surface area contributed by atoms with Gasteiger partial charge in [0.25, 0.3) is 0 Å². The number of nitrogens with one attached hydrogen (secondary N) is 1. The van der Waals surface area contributed by atoms with Crippen molar-refractivity contribution >= 4 is 10.0 Å². The molecule has 0 unspecified atom stereocenters. The fraction of sp³-hybridized carbons (Fsp3) is 0.385. The highest BCUT2D eigenvalue weighted by atomic mass is 32.2. The topological polar surface area (TPSA) is 66.4 Å². The van der Waals surface area contributed by atoms with Gasteiger partial charge in [-0.05, 0) is 30.7 Å². The van der Waals surface area contributed by atoms with E-state index in [4.69, 9.17) is 5.11 Å². The smallest absolute Gasteiger partial charge is 0.395 e. The van der Waals surface area contributed by atoms with Crippen LogP contribution in [0.25, 0.3) is 0 Å². The molecule has 0 aliphatic heterocycles. The van der Waals surface area contributed by atoms with Crippen LogP contribution >= 0.6 is 0 Å². The van der Waals surface area contributed by atoms with E-state index in [0.29, 0.717) is 11.1 Å². The minimum Gasteiger partial charge on any atom is -0.395 e. The van der Waals surface area contributed by atoms with Gasteiger partial charge in [-0.15, -0.1) is 0 Å². The van der Waals surface area contributed by atoms with Crippen molar-refractivity contribution in [1.29, 1.82) is 0 Å². The first-order valence-corrected chi connectivity index (χ1v) is 7.41. The number of sulfonamides is 1. The molecule has 21 heavy (non-hydrogen) atoms. The third kappa shape index (κ3) is 5.75. The number of aryl methyl sites for hydroxylation is 1. The molecule has 116 valence electrons. The summed E-state index contributed by atoms with van der Waals surface area (Å²) in [5.41, 5.74) is 1.08.